The monoisotopic (exact) mass is 362 g/mol. The van der Waals surface area contributed by atoms with Crippen molar-refractivity contribution in [2.45, 2.75) is 52.6 Å². The molecule has 0 spiro atoms. The van der Waals surface area contributed by atoms with Crippen LogP contribution in [0.15, 0.2) is 6.20 Å². The van der Waals surface area contributed by atoms with Gasteiger partial charge in [0.1, 0.15) is 11.6 Å². The van der Waals surface area contributed by atoms with Crippen molar-refractivity contribution in [1.82, 2.24) is 14.9 Å². The zero-order valence-electron chi connectivity index (χ0n) is 16.8. The molecule has 26 heavy (non-hydrogen) atoms. The van der Waals surface area contributed by atoms with E-state index in [1.807, 2.05) is 13.1 Å². The number of aryl methyl sites for hydroxylation is 2. The number of nitrogens with zero attached hydrogens (tertiary/aromatic N) is 4. The van der Waals surface area contributed by atoms with E-state index in [1.165, 1.54) is 5.56 Å². The third-order valence-electron chi connectivity index (χ3n) is 6.01. The van der Waals surface area contributed by atoms with E-state index in [4.69, 9.17) is 9.72 Å². The molecule has 146 valence electrons. The van der Waals surface area contributed by atoms with Crippen LogP contribution in [0.5, 0.6) is 0 Å². The average molecular weight is 363 g/mol. The van der Waals surface area contributed by atoms with E-state index in [9.17, 15) is 5.11 Å². The molecule has 2 fully saturated rings. The Hall–Kier alpha value is -1.24. The predicted octanol–water partition coefficient (Wildman–Crippen LogP) is 2.04. The van der Waals surface area contributed by atoms with Crippen molar-refractivity contribution in [1.29, 1.82) is 0 Å². The first-order valence-electron chi connectivity index (χ1n) is 9.94. The van der Waals surface area contributed by atoms with Gasteiger partial charge >= 0.3 is 0 Å². The Morgan fingerprint density at radius 3 is 2.62 bits per heavy atom. The van der Waals surface area contributed by atoms with Gasteiger partial charge in [-0.2, -0.15) is 0 Å². The van der Waals surface area contributed by atoms with Crippen LogP contribution in [-0.4, -0.2) is 71.5 Å². The number of aromatic nitrogens is 2. The van der Waals surface area contributed by atoms with Gasteiger partial charge in [-0.3, -0.25) is 4.90 Å². The minimum Gasteiger partial charge on any atom is -0.388 e. The van der Waals surface area contributed by atoms with Crippen LogP contribution in [0.2, 0.25) is 0 Å². The molecule has 2 aliphatic heterocycles. The molecule has 1 N–H and O–H groups in total. The first-order chi connectivity index (χ1) is 12.3. The summed E-state index contributed by atoms with van der Waals surface area (Å²) in [6.07, 6.45) is 4.80. The minimum atomic E-state index is -0.687. The number of hydrogen-bond donors (Lipinski definition) is 1. The third-order valence-corrected chi connectivity index (χ3v) is 6.01. The molecule has 1 atom stereocenters. The number of β-amino-alcohol motifs (C(OH)–C–C–N with tert-alkyl or cyclic N) is 1. The van der Waals surface area contributed by atoms with E-state index < -0.39 is 5.60 Å². The quantitative estimate of drug-likeness (QED) is 0.865. The standard InChI is InChI=1S/C20H34N4O2/c1-5-6-17-13-21-16(2)22-18(17)24-8-7-20(25,19(3,4)14-24)15-23-9-11-26-12-10-23/h13,25H,5-12,14-15H2,1-4H3/t20-/m0/s1. The number of ether oxygens (including phenoxy) is 1. The number of hydrogen-bond acceptors (Lipinski definition) is 6. The van der Waals surface area contributed by atoms with Crippen molar-refractivity contribution in [2.24, 2.45) is 5.41 Å². The average Bonchev–Trinajstić information content (AvgIpc) is 2.60. The lowest BCUT2D eigenvalue weighted by Gasteiger charge is -2.52. The van der Waals surface area contributed by atoms with E-state index in [2.05, 4.69) is 35.6 Å². The SMILES string of the molecule is CCCc1cnc(C)nc1N1CC[C@](O)(CN2CCOCC2)C(C)(C)C1. The Morgan fingerprint density at radius 2 is 1.96 bits per heavy atom. The van der Waals surface area contributed by atoms with Crippen molar-refractivity contribution in [2.75, 3.05) is 50.8 Å². The molecule has 2 aliphatic rings. The van der Waals surface area contributed by atoms with Crippen molar-refractivity contribution >= 4 is 5.82 Å². The number of aliphatic hydroxyl groups is 1. The van der Waals surface area contributed by atoms with Gasteiger partial charge < -0.3 is 14.7 Å². The second-order valence-electron chi connectivity index (χ2n) is 8.49. The van der Waals surface area contributed by atoms with Crippen LogP contribution in [0.25, 0.3) is 0 Å². The van der Waals surface area contributed by atoms with Gasteiger partial charge in [-0.1, -0.05) is 27.2 Å². The van der Waals surface area contributed by atoms with Crippen LogP contribution < -0.4 is 4.90 Å². The van der Waals surface area contributed by atoms with Gasteiger partial charge in [0.25, 0.3) is 0 Å². The fourth-order valence-electron chi connectivity index (χ4n) is 4.17. The zero-order chi connectivity index (χ0) is 18.8. The van der Waals surface area contributed by atoms with Crippen LogP contribution in [0, 0.1) is 12.3 Å². The minimum absolute atomic E-state index is 0.216. The van der Waals surface area contributed by atoms with Crippen LogP contribution in [-0.2, 0) is 11.2 Å². The molecule has 3 heterocycles. The van der Waals surface area contributed by atoms with Gasteiger partial charge in [0, 0.05) is 49.9 Å². The largest absolute Gasteiger partial charge is 0.388 e. The summed E-state index contributed by atoms with van der Waals surface area (Å²) >= 11 is 0. The molecule has 2 saturated heterocycles. The molecule has 0 aliphatic carbocycles. The molecule has 0 unspecified atom stereocenters. The fourth-order valence-corrected chi connectivity index (χ4v) is 4.17. The molecule has 0 bridgehead atoms. The van der Waals surface area contributed by atoms with Crippen molar-refractivity contribution in [3.8, 4) is 0 Å². The Bertz CT molecular complexity index is 616. The van der Waals surface area contributed by atoms with Gasteiger partial charge in [0.2, 0.25) is 0 Å². The second-order valence-corrected chi connectivity index (χ2v) is 8.49. The van der Waals surface area contributed by atoms with Gasteiger partial charge in [0.15, 0.2) is 0 Å². The fraction of sp³-hybridized carbons (Fsp3) is 0.800. The van der Waals surface area contributed by atoms with E-state index in [0.717, 1.165) is 76.8 Å². The van der Waals surface area contributed by atoms with E-state index in [1.54, 1.807) is 0 Å². The maximum atomic E-state index is 11.5. The Kier molecular flexibility index (Phi) is 5.85. The van der Waals surface area contributed by atoms with Crippen LogP contribution in [0.1, 0.15) is 45.0 Å². The first-order valence-corrected chi connectivity index (χ1v) is 9.94. The predicted molar refractivity (Wildman–Crippen MR) is 104 cm³/mol. The molecular weight excluding hydrogens is 328 g/mol. The molecule has 1 aromatic heterocycles. The van der Waals surface area contributed by atoms with Gasteiger partial charge in [-0.15, -0.1) is 0 Å². The molecule has 0 saturated carbocycles. The zero-order valence-corrected chi connectivity index (χ0v) is 16.8. The molecule has 0 radical (unpaired) electrons. The lowest BCUT2D eigenvalue weighted by Crippen LogP contribution is -2.62. The highest BCUT2D eigenvalue weighted by Gasteiger charge is 2.49. The summed E-state index contributed by atoms with van der Waals surface area (Å²) in [5, 5.41) is 11.5. The highest BCUT2D eigenvalue weighted by molar-refractivity contribution is 5.47. The van der Waals surface area contributed by atoms with Gasteiger partial charge in [-0.05, 0) is 19.8 Å². The van der Waals surface area contributed by atoms with Crippen molar-refractivity contribution in [3.05, 3.63) is 17.6 Å². The van der Waals surface area contributed by atoms with Crippen molar-refractivity contribution in [3.63, 3.8) is 0 Å². The Balaban J connectivity index is 1.77. The van der Waals surface area contributed by atoms with E-state index in [0.29, 0.717) is 0 Å². The van der Waals surface area contributed by atoms with E-state index in [-0.39, 0.29) is 5.41 Å². The molecule has 6 heteroatoms. The third kappa shape index (κ3) is 4.02. The molecular formula is C20H34N4O2. The second kappa shape index (κ2) is 7.79. The van der Waals surface area contributed by atoms with E-state index >= 15 is 0 Å². The Morgan fingerprint density at radius 1 is 1.23 bits per heavy atom. The summed E-state index contributed by atoms with van der Waals surface area (Å²) in [5.74, 6) is 1.87. The summed E-state index contributed by atoms with van der Waals surface area (Å²) < 4.78 is 5.45. The normalized spacial score (nSPS) is 26.9. The molecule has 3 rings (SSSR count). The lowest BCUT2D eigenvalue weighted by molar-refractivity contribution is -0.111. The summed E-state index contributed by atoms with van der Waals surface area (Å²) in [7, 11) is 0. The summed E-state index contributed by atoms with van der Waals surface area (Å²) in [6.45, 7) is 14.2. The van der Waals surface area contributed by atoms with Crippen molar-refractivity contribution < 1.29 is 9.84 Å². The lowest BCUT2D eigenvalue weighted by atomic mass is 9.69. The Labute approximate surface area is 157 Å². The molecule has 0 amide bonds. The van der Waals surface area contributed by atoms with Crippen LogP contribution in [0.4, 0.5) is 5.82 Å². The number of piperidine rings is 1. The summed E-state index contributed by atoms with van der Waals surface area (Å²) in [6, 6.07) is 0. The van der Waals surface area contributed by atoms with Crippen LogP contribution in [0.3, 0.4) is 0 Å². The van der Waals surface area contributed by atoms with Gasteiger partial charge in [-0.25, -0.2) is 9.97 Å². The summed E-state index contributed by atoms with van der Waals surface area (Å²) in [5.41, 5.74) is 0.312. The number of anilines is 1. The number of rotatable bonds is 5. The molecule has 0 aromatic carbocycles. The molecule has 6 nitrogen and oxygen atoms in total. The van der Waals surface area contributed by atoms with Gasteiger partial charge in [0.05, 0.1) is 18.8 Å². The maximum absolute atomic E-state index is 11.5. The smallest absolute Gasteiger partial charge is 0.135 e. The topological polar surface area (TPSA) is 61.7 Å². The molecule has 1 aromatic rings. The maximum Gasteiger partial charge on any atom is 0.135 e. The summed E-state index contributed by atoms with van der Waals surface area (Å²) in [4.78, 5) is 13.8. The first kappa shape index (κ1) is 19.5. The highest BCUT2D eigenvalue weighted by atomic mass is 16.5. The number of morpholine rings is 1. The van der Waals surface area contributed by atoms with Crippen LogP contribution >= 0.6 is 0 Å². The highest BCUT2D eigenvalue weighted by Crippen LogP contribution is 2.41.